The van der Waals surface area contributed by atoms with Gasteiger partial charge >= 0.3 is 5.97 Å². The molecule has 23 heavy (non-hydrogen) atoms. The van der Waals surface area contributed by atoms with Crippen LogP contribution in [0.1, 0.15) is 5.56 Å². The Bertz CT molecular complexity index is 691. The molecule has 0 aliphatic carbocycles. The molecule has 0 saturated heterocycles. The first-order valence-corrected chi connectivity index (χ1v) is 7.92. The average molecular weight is 333 g/mol. The van der Waals surface area contributed by atoms with Crippen molar-refractivity contribution in [2.45, 2.75) is 11.8 Å². The van der Waals surface area contributed by atoms with Gasteiger partial charge in [-0.1, -0.05) is 24.3 Å². The molecule has 0 aromatic heterocycles. The summed E-state index contributed by atoms with van der Waals surface area (Å²) in [6.07, 6.45) is 0. The predicted molar refractivity (Wildman–Crippen MR) is 87.9 cm³/mol. The van der Waals surface area contributed by atoms with E-state index in [0.29, 0.717) is 11.3 Å². The van der Waals surface area contributed by atoms with E-state index in [9.17, 15) is 14.0 Å². The summed E-state index contributed by atoms with van der Waals surface area (Å²) in [7, 11) is 0. The molecule has 0 radical (unpaired) electrons. The maximum absolute atomic E-state index is 13.4. The number of benzene rings is 2. The lowest BCUT2D eigenvalue weighted by Gasteiger charge is -2.07. The molecular weight excluding hydrogens is 317 g/mol. The molecule has 0 atom stereocenters. The van der Waals surface area contributed by atoms with Gasteiger partial charge in [0.1, 0.15) is 5.82 Å². The van der Waals surface area contributed by atoms with Crippen molar-refractivity contribution in [2.75, 3.05) is 17.7 Å². The summed E-state index contributed by atoms with van der Waals surface area (Å²) in [5, 5.41) is 2.48. The van der Waals surface area contributed by atoms with E-state index in [0.717, 1.165) is 4.90 Å². The van der Waals surface area contributed by atoms with E-state index < -0.39 is 24.3 Å². The summed E-state index contributed by atoms with van der Waals surface area (Å²) < 4.78 is 18.3. The zero-order chi connectivity index (χ0) is 16.7. The van der Waals surface area contributed by atoms with Crippen molar-refractivity contribution >= 4 is 29.3 Å². The number of thioether (sulfide) groups is 1. The highest BCUT2D eigenvalue weighted by molar-refractivity contribution is 8.00. The third-order valence-corrected chi connectivity index (χ3v) is 3.91. The molecule has 120 valence electrons. The van der Waals surface area contributed by atoms with Gasteiger partial charge < -0.3 is 10.1 Å². The second kappa shape index (κ2) is 8.33. The Morgan fingerprint density at radius 1 is 1.17 bits per heavy atom. The number of amides is 1. The molecule has 4 nitrogen and oxygen atoms in total. The maximum atomic E-state index is 13.4. The Kier molecular flexibility index (Phi) is 6.17. The van der Waals surface area contributed by atoms with Crippen LogP contribution in [-0.2, 0) is 14.3 Å². The van der Waals surface area contributed by atoms with Gasteiger partial charge in [-0.3, -0.25) is 9.59 Å². The largest absolute Gasteiger partial charge is 0.455 e. The minimum absolute atomic E-state index is 0.121. The number of rotatable bonds is 6. The van der Waals surface area contributed by atoms with Crippen molar-refractivity contribution in [3.8, 4) is 0 Å². The van der Waals surface area contributed by atoms with E-state index in [1.807, 2.05) is 30.3 Å². The number of anilines is 1. The molecule has 2 rings (SSSR count). The number of halogens is 1. The molecule has 2 aromatic rings. The molecule has 0 spiro atoms. The van der Waals surface area contributed by atoms with Gasteiger partial charge in [0, 0.05) is 10.6 Å². The van der Waals surface area contributed by atoms with Crippen molar-refractivity contribution in [2.24, 2.45) is 0 Å². The average Bonchev–Trinajstić information content (AvgIpc) is 2.55. The van der Waals surface area contributed by atoms with Crippen molar-refractivity contribution in [1.82, 2.24) is 0 Å². The molecule has 0 aliphatic heterocycles. The Balaban J connectivity index is 1.73. The highest BCUT2D eigenvalue weighted by atomic mass is 32.2. The standard InChI is InChI=1S/C17H16FNO3S/c1-12-7-8-13(9-15(12)18)19-16(20)10-22-17(21)11-23-14-5-3-2-4-6-14/h2-9H,10-11H2,1H3,(H,19,20). The number of carbonyl (C=O) groups is 2. The lowest BCUT2D eigenvalue weighted by molar-refractivity contribution is -0.144. The van der Waals surface area contributed by atoms with Gasteiger partial charge in [0.2, 0.25) is 0 Å². The molecule has 1 N–H and O–H groups in total. The van der Waals surface area contributed by atoms with Gasteiger partial charge in [0.15, 0.2) is 6.61 Å². The zero-order valence-electron chi connectivity index (χ0n) is 12.5. The van der Waals surface area contributed by atoms with Gasteiger partial charge in [-0.05, 0) is 36.8 Å². The van der Waals surface area contributed by atoms with Crippen LogP contribution < -0.4 is 5.32 Å². The van der Waals surface area contributed by atoms with Gasteiger partial charge in [-0.25, -0.2) is 4.39 Å². The lowest BCUT2D eigenvalue weighted by Crippen LogP contribution is -2.21. The van der Waals surface area contributed by atoms with Crippen LogP contribution in [0, 0.1) is 12.7 Å². The minimum atomic E-state index is -0.508. The van der Waals surface area contributed by atoms with E-state index in [2.05, 4.69) is 5.32 Å². The summed E-state index contributed by atoms with van der Waals surface area (Å²) in [4.78, 5) is 24.2. The van der Waals surface area contributed by atoms with Crippen LogP contribution in [0.2, 0.25) is 0 Å². The number of ether oxygens (including phenoxy) is 1. The maximum Gasteiger partial charge on any atom is 0.316 e. The molecule has 0 heterocycles. The Hall–Kier alpha value is -2.34. The first kappa shape index (κ1) is 17.0. The fraction of sp³-hybridized carbons (Fsp3) is 0.176. The molecule has 0 bridgehead atoms. The number of hydrogen-bond donors (Lipinski definition) is 1. The van der Waals surface area contributed by atoms with E-state index in [1.54, 1.807) is 19.1 Å². The van der Waals surface area contributed by atoms with Crippen LogP contribution in [0.4, 0.5) is 10.1 Å². The Labute approximate surface area is 138 Å². The predicted octanol–water partition coefficient (Wildman–Crippen LogP) is 3.41. The molecule has 2 aromatic carbocycles. The smallest absolute Gasteiger partial charge is 0.316 e. The Morgan fingerprint density at radius 3 is 2.61 bits per heavy atom. The zero-order valence-corrected chi connectivity index (χ0v) is 13.4. The first-order chi connectivity index (χ1) is 11.0. The van der Waals surface area contributed by atoms with E-state index in [-0.39, 0.29) is 5.75 Å². The SMILES string of the molecule is Cc1ccc(NC(=O)COC(=O)CSc2ccccc2)cc1F. The van der Waals surface area contributed by atoms with Crippen molar-refractivity contribution in [3.05, 3.63) is 59.9 Å². The number of carbonyl (C=O) groups excluding carboxylic acids is 2. The van der Waals surface area contributed by atoms with Gasteiger partial charge in [-0.2, -0.15) is 0 Å². The molecular formula is C17H16FNO3S. The lowest BCUT2D eigenvalue weighted by atomic mass is 10.2. The van der Waals surface area contributed by atoms with E-state index in [1.165, 1.54) is 17.8 Å². The number of hydrogen-bond acceptors (Lipinski definition) is 4. The van der Waals surface area contributed by atoms with Gasteiger partial charge in [0.05, 0.1) is 5.75 Å². The molecule has 6 heteroatoms. The summed E-state index contributed by atoms with van der Waals surface area (Å²) in [5.41, 5.74) is 0.820. The molecule has 0 aliphatic rings. The summed E-state index contributed by atoms with van der Waals surface area (Å²) >= 11 is 1.33. The quantitative estimate of drug-likeness (QED) is 0.650. The van der Waals surface area contributed by atoms with Gasteiger partial charge in [0.25, 0.3) is 5.91 Å². The first-order valence-electron chi connectivity index (χ1n) is 6.94. The molecule has 1 amide bonds. The summed E-state index contributed by atoms with van der Waals surface area (Å²) in [5.74, 6) is -1.27. The second-order valence-electron chi connectivity index (χ2n) is 4.77. The van der Waals surface area contributed by atoms with Crippen LogP contribution >= 0.6 is 11.8 Å². The van der Waals surface area contributed by atoms with Crippen molar-refractivity contribution < 1.29 is 18.7 Å². The highest BCUT2D eigenvalue weighted by Gasteiger charge is 2.09. The number of aryl methyl sites for hydroxylation is 1. The highest BCUT2D eigenvalue weighted by Crippen LogP contribution is 2.17. The summed E-state index contributed by atoms with van der Waals surface area (Å²) in [6.45, 7) is 1.23. The third kappa shape index (κ3) is 5.75. The third-order valence-electron chi connectivity index (χ3n) is 2.92. The monoisotopic (exact) mass is 333 g/mol. The van der Waals surface area contributed by atoms with Crippen molar-refractivity contribution in [1.29, 1.82) is 0 Å². The topological polar surface area (TPSA) is 55.4 Å². The van der Waals surface area contributed by atoms with Crippen LogP contribution in [0.25, 0.3) is 0 Å². The molecule has 0 saturated carbocycles. The number of esters is 1. The van der Waals surface area contributed by atoms with Gasteiger partial charge in [-0.15, -0.1) is 11.8 Å². The number of nitrogens with one attached hydrogen (secondary N) is 1. The second-order valence-corrected chi connectivity index (χ2v) is 5.82. The normalized spacial score (nSPS) is 10.2. The molecule has 0 unspecified atom stereocenters. The fourth-order valence-corrected chi connectivity index (χ4v) is 2.43. The van der Waals surface area contributed by atoms with E-state index >= 15 is 0 Å². The summed E-state index contributed by atoms with van der Waals surface area (Å²) in [6, 6.07) is 13.8. The van der Waals surface area contributed by atoms with Crippen molar-refractivity contribution in [3.63, 3.8) is 0 Å². The van der Waals surface area contributed by atoms with E-state index in [4.69, 9.17) is 4.74 Å². The van der Waals surface area contributed by atoms with Crippen LogP contribution in [0.3, 0.4) is 0 Å². The fourth-order valence-electron chi connectivity index (χ4n) is 1.71. The van der Waals surface area contributed by atoms with Crippen LogP contribution in [-0.4, -0.2) is 24.2 Å². The molecule has 0 fully saturated rings. The minimum Gasteiger partial charge on any atom is -0.455 e. The Morgan fingerprint density at radius 2 is 1.91 bits per heavy atom. The van der Waals surface area contributed by atoms with Crippen LogP contribution in [0.15, 0.2) is 53.4 Å². The van der Waals surface area contributed by atoms with Crippen LogP contribution in [0.5, 0.6) is 0 Å².